The summed E-state index contributed by atoms with van der Waals surface area (Å²) in [6, 6.07) is -0.482. The molecule has 17 heavy (non-hydrogen) atoms. The number of aromatic nitrogens is 2. The molecule has 1 aromatic rings. The summed E-state index contributed by atoms with van der Waals surface area (Å²) >= 11 is 5.87. The number of carbonyl (C=O) groups is 1. The van der Waals surface area contributed by atoms with Crippen LogP contribution in [0.2, 0.25) is 5.15 Å². The van der Waals surface area contributed by atoms with Gasteiger partial charge < -0.3 is 10.1 Å². The van der Waals surface area contributed by atoms with Crippen molar-refractivity contribution in [1.29, 1.82) is 0 Å². The number of nitrogens with one attached hydrogen (secondary N) is 1. The van der Waals surface area contributed by atoms with Gasteiger partial charge >= 0.3 is 5.97 Å². The lowest BCUT2D eigenvalue weighted by Crippen LogP contribution is -2.36. The second-order valence-corrected chi connectivity index (χ2v) is 4.17. The minimum absolute atomic E-state index is 0.0622. The Morgan fingerprint density at radius 1 is 1.47 bits per heavy atom. The van der Waals surface area contributed by atoms with Crippen LogP contribution in [0.5, 0.6) is 0 Å². The summed E-state index contributed by atoms with van der Waals surface area (Å²) in [5, 5.41) is 3.19. The van der Waals surface area contributed by atoms with Gasteiger partial charge in [0.2, 0.25) is 0 Å². The SMILES string of the molecule is CCOC(=O)[C@H](Nc1nccnc1Cl)C(C)C. The Balaban J connectivity index is 2.81. The van der Waals surface area contributed by atoms with E-state index in [1.54, 1.807) is 6.92 Å². The van der Waals surface area contributed by atoms with Gasteiger partial charge in [0.1, 0.15) is 6.04 Å². The lowest BCUT2D eigenvalue weighted by molar-refractivity contribution is -0.145. The van der Waals surface area contributed by atoms with Crippen molar-refractivity contribution in [3.63, 3.8) is 0 Å². The molecule has 6 heteroatoms. The zero-order valence-corrected chi connectivity index (χ0v) is 10.9. The van der Waals surface area contributed by atoms with Gasteiger partial charge in [-0.2, -0.15) is 0 Å². The van der Waals surface area contributed by atoms with Gasteiger partial charge in [0.25, 0.3) is 0 Å². The van der Waals surface area contributed by atoms with Gasteiger partial charge in [0.15, 0.2) is 11.0 Å². The Bertz CT molecular complexity index is 385. The van der Waals surface area contributed by atoms with E-state index in [-0.39, 0.29) is 17.0 Å². The van der Waals surface area contributed by atoms with Gasteiger partial charge in [0.05, 0.1) is 6.61 Å². The molecule has 0 aliphatic carbocycles. The van der Waals surface area contributed by atoms with E-state index in [1.165, 1.54) is 12.4 Å². The number of halogens is 1. The quantitative estimate of drug-likeness (QED) is 0.819. The number of hydrogen-bond acceptors (Lipinski definition) is 5. The molecule has 0 saturated carbocycles. The van der Waals surface area contributed by atoms with Crippen molar-refractivity contribution in [2.45, 2.75) is 26.8 Å². The monoisotopic (exact) mass is 257 g/mol. The molecule has 5 nitrogen and oxygen atoms in total. The van der Waals surface area contributed by atoms with Crippen LogP contribution >= 0.6 is 11.6 Å². The molecule has 0 fully saturated rings. The van der Waals surface area contributed by atoms with Crippen molar-refractivity contribution < 1.29 is 9.53 Å². The van der Waals surface area contributed by atoms with Crippen LogP contribution in [0.25, 0.3) is 0 Å². The fourth-order valence-electron chi connectivity index (χ4n) is 1.29. The molecule has 1 N–H and O–H groups in total. The minimum atomic E-state index is -0.482. The number of carbonyl (C=O) groups excluding carboxylic acids is 1. The van der Waals surface area contributed by atoms with Gasteiger partial charge in [-0.05, 0) is 12.8 Å². The first-order valence-electron chi connectivity index (χ1n) is 5.46. The normalized spacial score (nSPS) is 12.3. The predicted octanol–water partition coefficient (Wildman–Crippen LogP) is 2.13. The highest BCUT2D eigenvalue weighted by atomic mass is 35.5. The maximum absolute atomic E-state index is 11.7. The first-order valence-corrected chi connectivity index (χ1v) is 5.83. The van der Waals surface area contributed by atoms with E-state index in [4.69, 9.17) is 16.3 Å². The highest BCUT2D eigenvalue weighted by Gasteiger charge is 2.24. The van der Waals surface area contributed by atoms with Crippen molar-refractivity contribution in [1.82, 2.24) is 9.97 Å². The molecule has 0 spiro atoms. The lowest BCUT2D eigenvalue weighted by Gasteiger charge is -2.21. The van der Waals surface area contributed by atoms with Crippen molar-refractivity contribution in [3.8, 4) is 0 Å². The van der Waals surface area contributed by atoms with Crippen molar-refractivity contribution in [2.75, 3.05) is 11.9 Å². The van der Waals surface area contributed by atoms with E-state index in [9.17, 15) is 4.79 Å². The molecule has 94 valence electrons. The summed E-state index contributed by atoms with van der Waals surface area (Å²) in [5.74, 6) is 0.136. The average molecular weight is 258 g/mol. The Hall–Kier alpha value is -1.36. The molecule has 0 amide bonds. The number of hydrogen-bond donors (Lipinski definition) is 1. The molecule has 0 saturated heterocycles. The summed E-state index contributed by atoms with van der Waals surface area (Å²) in [6.45, 7) is 5.94. The van der Waals surface area contributed by atoms with Crippen LogP contribution in [0, 0.1) is 5.92 Å². The van der Waals surface area contributed by atoms with E-state index in [1.807, 2.05) is 13.8 Å². The highest BCUT2D eigenvalue weighted by Crippen LogP contribution is 2.18. The second-order valence-electron chi connectivity index (χ2n) is 3.81. The van der Waals surface area contributed by atoms with E-state index < -0.39 is 6.04 Å². The largest absolute Gasteiger partial charge is 0.464 e. The van der Waals surface area contributed by atoms with Crippen molar-refractivity contribution in [3.05, 3.63) is 17.5 Å². The van der Waals surface area contributed by atoms with Crippen LogP contribution in [0.15, 0.2) is 12.4 Å². The molecule has 0 aliphatic rings. The Morgan fingerprint density at radius 3 is 2.65 bits per heavy atom. The second kappa shape index (κ2) is 6.39. The van der Waals surface area contributed by atoms with Gasteiger partial charge in [0, 0.05) is 12.4 Å². The number of anilines is 1. The van der Waals surface area contributed by atoms with Gasteiger partial charge in [-0.15, -0.1) is 0 Å². The smallest absolute Gasteiger partial charge is 0.328 e. The van der Waals surface area contributed by atoms with Crippen LogP contribution in [0.1, 0.15) is 20.8 Å². The average Bonchev–Trinajstić information content (AvgIpc) is 2.27. The van der Waals surface area contributed by atoms with E-state index >= 15 is 0 Å². The standard InChI is InChI=1S/C11H16ClN3O2/c1-4-17-11(16)8(7(2)3)15-10-9(12)13-5-6-14-10/h5-8H,4H2,1-3H3,(H,14,15)/t8-/m1/s1. The van der Waals surface area contributed by atoms with Crippen molar-refractivity contribution in [2.24, 2.45) is 5.92 Å². The molecule has 1 heterocycles. The molecule has 0 aliphatic heterocycles. The van der Waals surface area contributed by atoms with Crippen LogP contribution in [0.3, 0.4) is 0 Å². The minimum Gasteiger partial charge on any atom is -0.464 e. The molecule has 0 radical (unpaired) electrons. The summed E-state index contributed by atoms with van der Waals surface area (Å²) in [7, 11) is 0. The molecule has 0 aromatic carbocycles. The zero-order chi connectivity index (χ0) is 12.8. The molecular formula is C11H16ClN3O2. The summed E-state index contributed by atoms with van der Waals surface area (Å²) in [5.41, 5.74) is 0. The summed E-state index contributed by atoms with van der Waals surface area (Å²) < 4.78 is 4.98. The lowest BCUT2D eigenvalue weighted by atomic mass is 10.0. The van der Waals surface area contributed by atoms with E-state index in [0.29, 0.717) is 12.4 Å². The zero-order valence-electron chi connectivity index (χ0n) is 10.1. The highest BCUT2D eigenvalue weighted by molar-refractivity contribution is 6.31. The van der Waals surface area contributed by atoms with E-state index in [2.05, 4.69) is 15.3 Å². The van der Waals surface area contributed by atoms with Crippen LogP contribution < -0.4 is 5.32 Å². The summed E-state index contributed by atoms with van der Waals surface area (Å²) in [4.78, 5) is 19.6. The first kappa shape index (κ1) is 13.7. The molecule has 0 bridgehead atoms. The van der Waals surface area contributed by atoms with Crippen molar-refractivity contribution >= 4 is 23.4 Å². The maximum Gasteiger partial charge on any atom is 0.328 e. The molecule has 1 aromatic heterocycles. The Morgan fingerprint density at radius 2 is 2.12 bits per heavy atom. The topological polar surface area (TPSA) is 64.1 Å². The first-order chi connectivity index (χ1) is 8.06. The molecule has 1 rings (SSSR count). The predicted molar refractivity (Wildman–Crippen MR) is 65.9 cm³/mol. The van der Waals surface area contributed by atoms with E-state index in [0.717, 1.165) is 0 Å². The maximum atomic E-state index is 11.7. The van der Waals surface area contributed by atoms with Crippen LogP contribution in [0.4, 0.5) is 5.82 Å². The number of ether oxygens (including phenoxy) is 1. The van der Waals surface area contributed by atoms with Gasteiger partial charge in [-0.3, -0.25) is 0 Å². The van der Waals surface area contributed by atoms with Gasteiger partial charge in [-0.1, -0.05) is 25.4 Å². The molecular weight excluding hydrogens is 242 g/mol. The van der Waals surface area contributed by atoms with Gasteiger partial charge in [-0.25, -0.2) is 14.8 Å². The number of esters is 1. The fourth-order valence-corrected chi connectivity index (χ4v) is 1.45. The third-order valence-electron chi connectivity index (χ3n) is 2.15. The Kier molecular flexibility index (Phi) is 5.15. The van der Waals surface area contributed by atoms with Crippen LogP contribution in [-0.2, 0) is 9.53 Å². The molecule has 0 unspecified atom stereocenters. The Labute approximate surface area is 106 Å². The summed E-state index contributed by atoms with van der Waals surface area (Å²) in [6.07, 6.45) is 3.00. The van der Waals surface area contributed by atoms with Crippen LogP contribution in [-0.4, -0.2) is 28.6 Å². The number of nitrogens with zero attached hydrogens (tertiary/aromatic N) is 2. The molecule has 1 atom stereocenters. The number of rotatable bonds is 5. The third kappa shape index (κ3) is 3.85. The third-order valence-corrected chi connectivity index (χ3v) is 2.43. The fraction of sp³-hybridized carbons (Fsp3) is 0.545.